The van der Waals surface area contributed by atoms with Gasteiger partial charge in [-0.1, -0.05) is 18.2 Å². The number of nitro groups is 1. The van der Waals surface area contributed by atoms with Crippen molar-refractivity contribution in [2.45, 2.75) is 0 Å². The Bertz CT molecular complexity index is 637. The summed E-state index contributed by atoms with van der Waals surface area (Å²) in [4.78, 5) is 21.0. The number of carbonyl (C=O) groups is 1. The van der Waals surface area contributed by atoms with E-state index in [0.717, 1.165) is 12.1 Å². The predicted molar refractivity (Wildman–Crippen MR) is 65.4 cm³/mol. The summed E-state index contributed by atoms with van der Waals surface area (Å²) in [6, 6.07) is 8.96. The number of nitro benzene ring substituents is 1. The molecule has 19 heavy (non-hydrogen) atoms. The highest BCUT2D eigenvalue weighted by atomic mass is 19.1. The largest absolute Gasteiger partial charge is 0.478 e. The number of rotatable bonds is 3. The average molecular weight is 261 g/mol. The third kappa shape index (κ3) is 2.57. The lowest BCUT2D eigenvalue weighted by Crippen LogP contribution is -1.99. The zero-order valence-corrected chi connectivity index (χ0v) is 9.54. The monoisotopic (exact) mass is 261 g/mol. The molecule has 6 heteroatoms. The molecule has 2 aromatic rings. The molecular formula is C13H8FNO4. The molecule has 2 rings (SSSR count). The molecule has 0 atom stereocenters. The summed E-state index contributed by atoms with van der Waals surface area (Å²) in [5, 5.41) is 19.7. The Labute approximate surface area is 107 Å². The van der Waals surface area contributed by atoms with Crippen molar-refractivity contribution >= 4 is 11.7 Å². The number of carboxylic acid groups (broad SMARTS) is 1. The smallest absolute Gasteiger partial charge is 0.335 e. The van der Waals surface area contributed by atoms with Gasteiger partial charge >= 0.3 is 5.97 Å². The number of hydrogen-bond acceptors (Lipinski definition) is 3. The Hall–Kier alpha value is -2.76. The van der Waals surface area contributed by atoms with Crippen LogP contribution in [0.3, 0.4) is 0 Å². The number of benzene rings is 2. The first-order valence-corrected chi connectivity index (χ1v) is 5.26. The van der Waals surface area contributed by atoms with Gasteiger partial charge in [0.15, 0.2) is 0 Å². The van der Waals surface area contributed by atoms with Gasteiger partial charge in [-0.2, -0.15) is 0 Å². The van der Waals surface area contributed by atoms with Crippen molar-refractivity contribution in [2.24, 2.45) is 0 Å². The quantitative estimate of drug-likeness (QED) is 0.680. The van der Waals surface area contributed by atoms with Crippen LogP contribution >= 0.6 is 0 Å². The molecule has 0 spiro atoms. The number of aromatic carboxylic acids is 1. The van der Waals surface area contributed by atoms with Crippen LogP contribution in [0.2, 0.25) is 0 Å². The highest BCUT2D eigenvalue weighted by Gasteiger charge is 2.16. The van der Waals surface area contributed by atoms with Gasteiger partial charge in [-0.05, 0) is 17.7 Å². The number of non-ortho nitro benzene ring substituents is 1. The molecule has 0 aliphatic heterocycles. The predicted octanol–water partition coefficient (Wildman–Crippen LogP) is 3.10. The molecule has 0 fully saturated rings. The van der Waals surface area contributed by atoms with E-state index in [1.807, 2.05) is 0 Å². The maximum atomic E-state index is 13.6. The van der Waals surface area contributed by atoms with Crippen molar-refractivity contribution < 1.29 is 19.2 Å². The molecule has 5 nitrogen and oxygen atoms in total. The van der Waals surface area contributed by atoms with E-state index in [4.69, 9.17) is 5.11 Å². The topological polar surface area (TPSA) is 80.4 Å². The fourth-order valence-electron chi connectivity index (χ4n) is 1.69. The summed E-state index contributed by atoms with van der Waals surface area (Å²) in [5.74, 6) is -1.87. The SMILES string of the molecule is O=C(O)c1cc(-c2ccccc2F)cc([N+](=O)[O-])c1. The second-order valence-electron chi connectivity index (χ2n) is 3.81. The molecule has 0 aliphatic rings. The summed E-state index contributed by atoms with van der Waals surface area (Å²) >= 11 is 0. The Kier molecular flexibility index (Phi) is 3.24. The molecule has 1 N–H and O–H groups in total. The van der Waals surface area contributed by atoms with Gasteiger partial charge in [0.05, 0.1) is 10.5 Å². The fourth-order valence-corrected chi connectivity index (χ4v) is 1.69. The first kappa shape index (κ1) is 12.7. The van der Waals surface area contributed by atoms with Crippen molar-refractivity contribution in [3.63, 3.8) is 0 Å². The zero-order chi connectivity index (χ0) is 14.0. The van der Waals surface area contributed by atoms with Gasteiger partial charge in [0.2, 0.25) is 0 Å². The summed E-state index contributed by atoms with van der Waals surface area (Å²) < 4.78 is 13.6. The van der Waals surface area contributed by atoms with Crippen molar-refractivity contribution in [3.05, 3.63) is 64.0 Å². The molecule has 0 heterocycles. The normalized spacial score (nSPS) is 10.2. The van der Waals surface area contributed by atoms with E-state index in [0.29, 0.717) is 0 Å². The molecule has 0 aliphatic carbocycles. The highest BCUT2D eigenvalue weighted by Crippen LogP contribution is 2.28. The molecule has 0 saturated heterocycles. The molecule has 96 valence electrons. The Morgan fingerprint density at radius 1 is 1.21 bits per heavy atom. The second-order valence-corrected chi connectivity index (χ2v) is 3.81. The fraction of sp³-hybridized carbons (Fsp3) is 0. The van der Waals surface area contributed by atoms with Gasteiger partial charge in [-0.25, -0.2) is 9.18 Å². The summed E-state index contributed by atoms with van der Waals surface area (Å²) in [6.07, 6.45) is 0. The zero-order valence-electron chi connectivity index (χ0n) is 9.54. The van der Waals surface area contributed by atoms with Crippen molar-refractivity contribution in [3.8, 4) is 11.1 Å². The second kappa shape index (κ2) is 4.85. The highest BCUT2D eigenvalue weighted by molar-refractivity contribution is 5.90. The van der Waals surface area contributed by atoms with Crippen LogP contribution in [0.25, 0.3) is 11.1 Å². The van der Waals surface area contributed by atoms with Crippen LogP contribution in [0.1, 0.15) is 10.4 Å². The minimum atomic E-state index is -1.30. The van der Waals surface area contributed by atoms with Gasteiger partial charge in [-0.3, -0.25) is 10.1 Å². The first-order chi connectivity index (χ1) is 8.99. The van der Waals surface area contributed by atoms with Gasteiger partial charge in [-0.15, -0.1) is 0 Å². The van der Waals surface area contributed by atoms with E-state index in [-0.39, 0.29) is 16.7 Å². The van der Waals surface area contributed by atoms with Crippen LogP contribution in [-0.2, 0) is 0 Å². The van der Waals surface area contributed by atoms with E-state index < -0.39 is 22.4 Å². The maximum Gasteiger partial charge on any atom is 0.335 e. The summed E-state index contributed by atoms with van der Waals surface area (Å²) in [5.41, 5.74) is -0.371. The lowest BCUT2D eigenvalue weighted by Gasteiger charge is -2.05. The Morgan fingerprint density at radius 3 is 2.47 bits per heavy atom. The van der Waals surface area contributed by atoms with Crippen LogP contribution in [0.4, 0.5) is 10.1 Å². The van der Waals surface area contributed by atoms with Gasteiger partial charge in [0.1, 0.15) is 5.82 Å². The van der Waals surface area contributed by atoms with Gasteiger partial charge < -0.3 is 5.11 Å². The minimum absolute atomic E-state index is 0.119. The first-order valence-electron chi connectivity index (χ1n) is 5.26. The lowest BCUT2D eigenvalue weighted by atomic mass is 10.0. The molecule has 0 bridgehead atoms. The van der Waals surface area contributed by atoms with E-state index in [9.17, 15) is 19.3 Å². The van der Waals surface area contributed by atoms with Crippen molar-refractivity contribution in [1.82, 2.24) is 0 Å². The van der Waals surface area contributed by atoms with Crippen LogP contribution < -0.4 is 0 Å². The van der Waals surface area contributed by atoms with E-state index >= 15 is 0 Å². The van der Waals surface area contributed by atoms with Crippen molar-refractivity contribution in [1.29, 1.82) is 0 Å². The average Bonchev–Trinajstić information content (AvgIpc) is 2.38. The molecule has 0 radical (unpaired) electrons. The van der Waals surface area contributed by atoms with E-state index in [1.165, 1.54) is 24.3 Å². The molecule has 0 amide bonds. The maximum absolute atomic E-state index is 13.6. The van der Waals surface area contributed by atoms with Gasteiger partial charge in [0.25, 0.3) is 5.69 Å². The molecule has 0 saturated carbocycles. The number of hydrogen-bond donors (Lipinski definition) is 1. The van der Waals surface area contributed by atoms with Crippen molar-refractivity contribution in [2.75, 3.05) is 0 Å². The summed E-state index contributed by atoms with van der Waals surface area (Å²) in [6.45, 7) is 0. The molecule has 0 unspecified atom stereocenters. The molecule has 0 aromatic heterocycles. The van der Waals surface area contributed by atoms with E-state index in [2.05, 4.69) is 0 Å². The number of halogens is 1. The van der Waals surface area contributed by atoms with Crippen LogP contribution in [-0.4, -0.2) is 16.0 Å². The van der Waals surface area contributed by atoms with Crippen LogP contribution in [0, 0.1) is 15.9 Å². The third-order valence-corrected chi connectivity index (χ3v) is 2.56. The lowest BCUT2D eigenvalue weighted by molar-refractivity contribution is -0.384. The Morgan fingerprint density at radius 2 is 1.89 bits per heavy atom. The van der Waals surface area contributed by atoms with Crippen LogP contribution in [0.5, 0.6) is 0 Å². The Balaban J connectivity index is 2.67. The van der Waals surface area contributed by atoms with E-state index in [1.54, 1.807) is 6.07 Å². The minimum Gasteiger partial charge on any atom is -0.478 e. The number of carboxylic acids is 1. The standard InChI is InChI=1S/C13H8FNO4/c14-12-4-2-1-3-11(12)8-5-9(13(16)17)7-10(6-8)15(18)19/h1-7H,(H,16,17). The third-order valence-electron chi connectivity index (χ3n) is 2.56. The molecule has 2 aromatic carbocycles. The molecular weight excluding hydrogens is 253 g/mol. The number of nitrogens with zero attached hydrogens (tertiary/aromatic N) is 1. The van der Waals surface area contributed by atoms with Crippen LogP contribution in [0.15, 0.2) is 42.5 Å². The summed E-state index contributed by atoms with van der Waals surface area (Å²) in [7, 11) is 0. The van der Waals surface area contributed by atoms with Gasteiger partial charge in [0, 0.05) is 17.7 Å².